The molecule has 0 fully saturated rings. The molecule has 0 aromatic heterocycles. The van der Waals surface area contributed by atoms with Gasteiger partial charge in [0.25, 0.3) is 15.9 Å². The summed E-state index contributed by atoms with van der Waals surface area (Å²) in [5, 5.41) is 8.17. The van der Waals surface area contributed by atoms with Gasteiger partial charge in [-0.2, -0.15) is 4.31 Å². The maximum absolute atomic E-state index is 13.6. The molecule has 0 bridgehead atoms. The van der Waals surface area contributed by atoms with E-state index in [4.69, 9.17) is 51.1 Å². The fourth-order valence-corrected chi connectivity index (χ4v) is 5.21. The number of methoxy groups -OCH3 is 1. The standard InChI is InChI=1S/C20H13Cl4NO5S/c1-30-12-7-9-13(10-8-12)31(28,29)25(20(27)11-5-3-2-4-6-11)18-14(21)16(23)19(26)17(24)15(18)22/h2-10,26H,1H3. The fourth-order valence-electron chi connectivity index (χ4n) is 2.67. The first-order valence-corrected chi connectivity index (χ1v) is 11.4. The highest BCUT2D eigenvalue weighted by atomic mass is 35.5. The lowest BCUT2D eigenvalue weighted by Gasteiger charge is -2.26. The monoisotopic (exact) mass is 519 g/mol. The average molecular weight is 521 g/mol. The van der Waals surface area contributed by atoms with Crippen molar-refractivity contribution in [2.45, 2.75) is 4.90 Å². The highest BCUT2D eigenvalue weighted by Crippen LogP contribution is 2.50. The Labute approximate surface area is 198 Å². The molecule has 3 aromatic carbocycles. The third-order valence-electron chi connectivity index (χ3n) is 4.22. The van der Waals surface area contributed by atoms with Crippen LogP contribution in [0.4, 0.5) is 5.69 Å². The molecule has 0 saturated carbocycles. The zero-order valence-electron chi connectivity index (χ0n) is 15.6. The van der Waals surface area contributed by atoms with Gasteiger partial charge in [-0.05, 0) is 36.4 Å². The number of benzene rings is 3. The summed E-state index contributed by atoms with van der Waals surface area (Å²) in [7, 11) is -3.13. The molecule has 0 unspecified atom stereocenters. The molecule has 0 radical (unpaired) electrons. The number of sulfonamides is 1. The van der Waals surface area contributed by atoms with Crippen molar-refractivity contribution >= 4 is 68.0 Å². The van der Waals surface area contributed by atoms with Crippen molar-refractivity contribution in [3.8, 4) is 11.5 Å². The van der Waals surface area contributed by atoms with E-state index in [1.54, 1.807) is 18.2 Å². The molecule has 0 atom stereocenters. The van der Waals surface area contributed by atoms with Crippen molar-refractivity contribution < 1.29 is 23.1 Å². The summed E-state index contributed by atoms with van der Waals surface area (Å²) in [6.45, 7) is 0. The third kappa shape index (κ3) is 4.29. The Balaban J connectivity index is 2.33. The number of hydrogen-bond donors (Lipinski definition) is 1. The average Bonchev–Trinajstić information content (AvgIpc) is 2.79. The summed E-state index contributed by atoms with van der Waals surface area (Å²) in [5.41, 5.74) is -0.451. The van der Waals surface area contributed by atoms with Gasteiger partial charge >= 0.3 is 0 Å². The van der Waals surface area contributed by atoms with E-state index >= 15 is 0 Å². The van der Waals surface area contributed by atoms with E-state index in [9.17, 15) is 18.3 Å². The molecule has 11 heteroatoms. The minimum absolute atomic E-state index is 0.0343. The van der Waals surface area contributed by atoms with Crippen LogP contribution in [0.5, 0.6) is 11.5 Å². The first-order chi connectivity index (χ1) is 14.6. The van der Waals surface area contributed by atoms with Crippen molar-refractivity contribution in [3.05, 3.63) is 80.3 Å². The SMILES string of the molecule is COc1ccc(S(=O)(=O)N(C(=O)c2ccccc2)c2c(Cl)c(Cl)c(O)c(Cl)c2Cl)cc1. The Morgan fingerprint density at radius 2 is 1.39 bits per heavy atom. The minimum atomic E-state index is -4.56. The van der Waals surface area contributed by atoms with Crippen molar-refractivity contribution in [1.29, 1.82) is 0 Å². The Bertz CT molecular complexity index is 1220. The first kappa shape index (κ1) is 23.5. The Morgan fingerprint density at radius 1 is 0.871 bits per heavy atom. The molecule has 3 aromatic rings. The maximum Gasteiger partial charge on any atom is 0.272 e. The lowest BCUT2D eigenvalue weighted by Crippen LogP contribution is -2.37. The molecule has 31 heavy (non-hydrogen) atoms. The topological polar surface area (TPSA) is 83.9 Å². The minimum Gasteiger partial charge on any atom is -0.505 e. The van der Waals surface area contributed by atoms with Crippen LogP contribution in [0.2, 0.25) is 20.1 Å². The number of nitrogens with zero attached hydrogens (tertiary/aromatic N) is 1. The van der Waals surface area contributed by atoms with Gasteiger partial charge < -0.3 is 9.84 Å². The molecule has 0 spiro atoms. The van der Waals surface area contributed by atoms with Crippen LogP contribution in [-0.2, 0) is 10.0 Å². The normalized spacial score (nSPS) is 11.3. The largest absolute Gasteiger partial charge is 0.505 e. The molecular formula is C20H13Cl4NO5S. The first-order valence-electron chi connectivity index (χ1n) is 8.45. The number of hydrogen-bond acceptors (Lipinski definition) is 5. The number of anilines is 1. The number of phenols is 1. The van der Waals surface area contributed by atoms with Crippen molar-refractivity contribution in [2.24, 2.45) is 0 Å². The summed E-state index contributed by atoms with van der Waals surface area (Å²) in [6, 6.07) is 13.0. The van der Waals surface area contributed by atoms with Gasteiger partial charge in [-0.1, -0.05) is 64.6 Å². The van der Waals surface area contributed by atoms with Crippen LogP contribution < -0.4 is 9.04 Å². The van der Waals surface area contributed by atoms with Crippen molar-refractivity contribution in [2.75, 3.05) is 11.4 Å². The number of rotatable bonds is 5. The fraction of sp³-hybridized carbons (Fsp3) is 0.0500. The molecular weight excluding hydrogens is 508 g/mol. The molecule has 0 heterocycles. The van der Waals surface area contributed by atoms with Gasteiger partial charge in [-0.3, -0.25) is 4.79 Å². The number of halogens is 4. The van der Waals surface area contributed by atoms with E-state index < -0.39 is 47.5 Å². The number of aromatic hydroxyl groups is 1. The van der Waals surface area contributed by atoms with Crippen molar-refractivity contribution in [3.63, 3.8) is 0 Å². The van der Waals surface area contributed by atoms with Crippen LogP contribution in [0.3, 0.4) is 0 Å². The van der Waals surface area contributed by atoms with E-state index in [1.807, 2.05) is 0 Å². The Kier molecular flexibility index (Phi) is 6.93. The Hall–Kier alpha value is -2.16. The number of carbonyl (C=O) groups excluding carboxylic acids is 1. The van der Waals surface area contributed by atoms with Crippen LogP contribution in [0.25, 0.3) is 0 Å². The van der Waals surface area contributed by atoms with E-state index in [-0.39, 0.29) is 10.5 Å². The van der Waals surface area contributed by atoms with Gasteiger partial charge in [-0.15, -0.1) is 0 Å². The second kappa shape index (κ2) is 9.14. The molecule has 0 aliphatic rings. The summed E-state index contributed by atoms with van der Waals surface area (Å²) in [6.07, 6.45) is 0. The van der Waals surface area contributed by atoms with Crippen LogP contribution >= 0.6 is 46.4 Å². The lowest BCUT2D eigenvalue weighted by molar-refractivity contribution is 0.101. The van der Waals surface area contributed by atoms with Gasteiger partial charge in [0, 0.05) is 5.56 Å². The van der Waals surface area contributed by atoms with Crippen molar-refractivity contribution in [1.82, 2.24) is 0 Å². The molecule has 6 nitrogen and oxygen atoms in total. The van der Waals surface area contributed by atoms with Crippen LogP contribution in [-0.4, -0.2) is 26.5 Å². The highest BCUT2D eigenvalue weighted by molar-refractivity contribution is 7.93. The maximum atomic E-state index is 13.6. The molecule has 0 saturated heterocycles. The predicted octanol–water partition coefficient (Wildman–Crippen LogP) is 6.05. The second-order valence-electron chi connectivity index (χ2n) is 6.07. The molecule has 1 amide bonds. The van der Waals surface area contributed by atoms with Crippen LogP contribution in [0.1, 0.15) is 10.4 Å². The quantitative estimate of drug-likeness (QED) is 0.414. The second-order valence-corrected chi connectivity index (χ2v) is 9.37. The number of phenolic OH excluding ortho intramolecular Hbond substituents is 1. The zero-order valence-corrected chi connectivity index (χ0v) is 19.5. The van der Waals surface area contributed by atoms with Gasteiger partial charge in [0.05, 0.1) is 22.1 Å². The Morgan fingerprint density at radius 3 is 1.87 bits per heavy atom. The van der Waals surface area contributed by atoms with Crippen LogP contribution in [0.15, 0.2) is 59.5 Å². The summed E-state index contributed by atoms with van der Waals surface area (Å²) in [5.74, 6) is -1.19. The van der Waals surface area contributed by atoms with E-state index in [0.717, 1.165) is 0 Å². The van der Waals surface area contributed by atoms with Crippen LogP contribution in [0, 0.1) is 0 Å². The number of ether oxygens (including phenoxy) is 1. The number of carbonyl (C=O) groups is 1. The molecule has 0 aliphatic heterocycles. The zero-order chi connectivity index (χ0) is 22.9. The van der Waals surface area contributed by atoms with E-state index in [1.165, 1.54) is 43.5 Å². The highest BCUT2D eigenvalue weighted by Gasteiger charge is 2.37. The molecule has 162 valence electrons. The van der Waals surface area contributed by atoms with E-state index in [2.05, 4.69) is 0 Å². The van der Waals surface area contributed by atoms with E-state index in [0.29, 0.717) is 10.1 Å². The summed E-state index contributed by atoms with van der Waals surface area (Å²) >= 11 is 24.5. The molecule has 1 N–H and O–H groups in total. The third-order valence-corrected chi connectivity index (χ3v) is 7.59. The summed E-state index contributed by atoms with van der Waals surface area (Å²) < 4.78 is 32.6. The number of amides is 1. The van der Waals surface area contributed by atoms with Gasteiger partial charge in [0.2, 0.25) is 0 Å². The molecule has 0 aliphatic carbocycles. The molecule has 3 rings (SSSR count). The summed E-state index contributed by atoms with van der Waals surface area (Å²) in [4.78, 5) is 13.1. The smallest absolute Gasteiger partial charge is 0.272 e. The van der Waals surface area contributed by atoms with Gasteiger partial charge in [0.15, 0.2) is 5.75 Å². The lowest BCUT2D eigenvalue weighted by atomic mass is 10.2. The van der Waals surface area contributed by atoms with Gasteiger partial charge in [0.1, 0.15) is 21.5 Å². The predicted molar refractivity (Wildman–Crippen MR) is 122 cm³/mol. The van der Waals surface area contributed by atoms with Gasteiger partial charge in [-0.25, -0.2) is 8.42 Å².